The third kappa shape index (κ3) is 7.23. The largest absolute Gasteiger partial charge is 0.454 e. The van der Waals surface area contributed by atoms with Crippen molar-refractivity contribution in [2.75, 3.05) is 13.1 Å². The number of aromatic amines is 1. The summed E-state index contributed by atoms with van der Waals surface area (Å²) in [4.78, 5) is 32.9. The van der Waals surface area contributed by atoms with Crippen molar-refractivity contribution in [1.82, 2.24) is 19.4 Å². The Hall–Kier alpha value is -3.08. The van der Waals surface area contributed by atoms with Crippen LogP contribution in [0.2, 0.25) is 0 Å². The highest BCUT2D eigenvalue weighted by Gasteiger charge is 2.39. The van der Waals surface area contributed by atoms with E-state index in [1.807, 2.05) is 4.98 Å². The van der Waals surface area contributed by atoms with Crippen LogP contribution in [0.4, 0.5) is 30.7 Å². The van der Waals surface area contributed by atoms with Gasteiger partial charge in [-0.25, -0.2) is 13.8 Å². The standard InChI is InChI=1S/C23H22F7N4O6P/c1-12(14-8-15(22(25,26)27)10-16(9-14)23(28,29)30)40-20-19(13-2-4-17(24)5-3-13)33(6-7-39-20)11-18-31-21(35)34(32-18)41(36,37)38/h2-5,8-10,12,19-20H,6-7,11H2,1H3,(H,31,32,35)(H2,36,37,38)/t12-,19+,20-/m1/s1/i6D2,7D2,19D,20D. The Morgan fingerprint density at radius 2 is 1.76 bits per heavy atom. The van der Waals surface area contributed by atoms with E-state index in [2.05, 4.69) is 5.10 Å². The molecule has 2 heterocycles. The highest BCUT2D eigenvalue weighted by Crippen LogP contribution is 2.40. The highest BCUT2D eigenvalue weighted by molar-refractivity contribution is 7.49. The lowest BCUT2D eigenvalue weighted by Gasteiger charge is -2.41. The van der Waals surface area contributed by atoms with Gasteiger partial charge in [0, 0.05) is 9.24 Å². The van der Waals surface area contributed by atoms with Crippen LogP contribution < -0.4 is 5.69 Å². The van der Waals surface area contributed by atoms with Crippen LogP contribution in [0.5, 0.6) is 0 Å². The number of nitrogens with zero attached hydrogens (tertiary/aromatic N) is 3. The smallest absolute Gasteiger partial charge is 0.349 e. The molecule has 3 atom stereocenters. The topological polar surface area (TPSA) is 130 Å². The second kappa shape index (κ2) is 11.3. The van der Waals surface area contributed by atoms with Gasteiger partial charge in [0.25, 0.3) is 0 Å². The van der Waals surface area contributed by atoms with Gasteiger partial charge in [0.05, 0.1) is 41.8 Å². The van der Waals surface area contributed by atoms with Crippen molar-refractivity contribution in [3.05, 3.63) is 86.8 Å². The second-order valence-corrected chi connectivity index (χ2v) is 9.83. The van der Waals surface area contributed by atoms with Crippen LogP contribution in [0.15, 0.2) is 47.3 Å². The van der Waals surface area contributed by atoms with E-state index in [-0.39, 0.29) is 27.6 Å². The molecule has 0 spiro atoms. The number of nitrogens with one attached hydrogen (secondary N) is 1. The molecule has 4 rings (SSSR count). The number of benzene rings is 2. The van der Waals surface area contributed by atoms with Crippen molar-refractivity contribution >= 4 is 7.75 Å². The zero-order valence-electron chi connectivity index (χ0n) is 26.3. The lowest BCUT2D eigenvalue weighted by molar-refractivity contribution is -0.231. The molecule has 1 fully saturated rings. The summed E-state index contributed by atoms with van der Waals surface area (Å²) >= 11 is 0. The Morgan fingerprint density at radius 1 is 1.17 bits per heavy atom. The lowest BCUT2D eigenvalue weighted by atomic mass is 10.0. The first kappa shape index (κ1) is 23.5. The number of rotatable bonds is 7. The van der Waals surface area contributed by atoms with Gasteiger partial charge in [-0.3, -0.25) is 9.88 Å². The number of hydrogen-bond donors (Lipinski definition) is 3. The van der Waals surface area contributed by atoms with E-state index < -0.39 is 97.7 Å². The minimum Gasteiger partial charge on any atom is -0.349 e. The summed E-state index contributed by atoms with van der Waals surface area (Å²) in [6.45, 7) is -7.71. The number of halogens is 7. The molecule has 1 aliphatic rings. The molecular weight excluding hydrogens is 592 g/mol. The van der Waals surface area contributed by atoms with Gasteiger partial charge in [-0.1, -0.05) is 12.1 Å². The number of alkyl halides is 6. The molecule has 18 heteroatoms. The van der Waals surface area contributed by atoms with Crippen LogP contribution in [0.3, 0.4) is 0 Å². The quantitative estimate of drug-likeness (QED) is 0.263. The summed E-state index contributed by atoms with van der Waals surface area (Å²) in [5.74, 6) is -1.75. The molecule has 0 aliphatic carbocycles. The molecule has 3 aromatic rings. The Balaban J connectivity index is 1.94. The summed E-state index contributed by atoms with van der Waals surface area (Å²) in [5.41, 5.74) is -6.59. The van der Waals surface area contributed by atoms with Gasteiger partial charge in [0.2, 0.25) is 0 Å². The number of hydrogen-bond acceptors (Lipinski definition) is 6. The third-order valence-electron chi connectivity index (χ3n) is 5.47. The molecule has 1 saturated heterocycles. The summed E-state index contributed by atoms with van der Waals surface area (Å²) in [6.07, 6.45) is -16.3. The van der Waals surface area contributed by atoms with Crippen molar-refractivity contribution in [3.8, 4) is 0 Å². The molecule has 41 heavy (non-hydrogen) atoms. The van der Waals surface area contributed by atoms with Gasteiger partial charge in [-0.05, 0) is 48.4 Å². The fourth-order valence-electron chi connectivity index (χ4n) is 3.62. The Labute approximate surface area is 234 Å². The van der Waals surface area contributed by atoms with E-state index >= 15 is 0 Å². The predicted octanol–water partition coefficient (Wildman–Crippen LogP) is 4.37. The molecule has 224 valence electrons. The maximum Gasteiger partial charge on any atom is 0.454 e. The van der Waals surface area contributed by atoms with E-state index in [9.17, 15) is 51.3 Å². The summed E-state index contributed by atoms with van der Waals surface area (Å²) in [7, 11) is -5.41. The first-order chi connectivity index (χ1) is 21.1. The van der Waals surface area contributed by atoms with Crippen molar-refractivity contribution in [2.45, 2.75) is 44.2 Å². The van der Waals surface area contributed by atoms with Crippen LogP contribution in [-0.2, 0) is 32.9 Å². The Morgan fingerprint density at radius 3 is 2.27 bits per heavy atom. The molecule has 0 unspecified atom stereocenters. The maximum absolute atomic E-state index is 13.9. The number of ether oxygens (including phenoxy) is 2. The van der Waals surface area contributed by atoms with Crippen LogP contribution >= 0.6 is 7.75 Å². The average molecular weight is 620 g/mol. The second-order valence-electron chi connectivity index (χ2n) is 8.42. The fraction of sp³-hybridized carbons (Fsp3) is 0.391. The first-order valence-electron chi connectivity index (χ1n) is 14.1. The lowest BCUT2D eigenvalue weighted by Crippen LogP contribution is -2.46. The Kier molecular flexibility index (Phi) is 6.47. The summed E-state index contributed by atoms with van der Waals surface area (Å²) < 4.78 is 169. The monoisotopic (exact) mass is 620 g/mol. The van der Waals surface area contributed by atoms with Crippen molar-refractivity contribution < 1.29 is 62.8 Å². The van der Waals surface area contributed by atoms with Crippen LogP contribution in [0.25, 0.3) is 0 Å². The van der Waals surface area contributed by atoms with Crippen LogP contribution in [-0.4, -0.2) is 48.5 Å². The maximum atomic E-state index is 13.9. The summed E-state index contributed by atoms with van der Waals surface area (Å²) in [6, 6.07) is -0.0309. The van der Waals surface area contributed by atoms with Gasteiger partial charge in [-0.15, -0.1) is 9.55 Å². The van der Waals surface area contributed by atoms with E-state index in [4.69, 9.17) is 16.3 Å². The predicted molar refractivity (Wildman–Crippen MR) is 126 cm³/mol. The van der Waals surface area contributed by atoms with Gasteiger partial charge in [0.15, 0.2) is 6.27 Å². The number of aromatic nitrogens is 3. The van der Waals surface area contributed by atoms with Gasteiger partial charge >= 0.3 is 25.8 Å². The minimum absolute atomic E-state index is 0.131. The summed E-state index contributed by atoms with van der Waals surface area (Å²) in [5, 5.41) is 3.34. The zero-order chi connectivity index (χ0) is 35.8. The van der Waals surface area contributed by atoms with Crippen LogP contribution in [0, 0.1) is 5.82 Å². The molecule has 0 bridgehead atoms. The van der Waals surface area contributed by atoms with E-state index in [0.717, 1.165) is 19.1 Å². The molecule has 10 nitrogen and oxygen atoms in total. The van der Waals surface area contributed by atoms with Gasteiger partial charge in [-0.2, -0.15) is 26.3 Å². The van der Waals surface area contributed by atoms with Crippen LogP contribution in [0.1, 0.15) is 55.3 Å². The number of morpholine rings is 1. The van der Waals surface area contributed by atoms with Gasteiger partial charge < -0.3 is 19.3 Å². The fourth-order valence-corrected chi connectivity index (χ4v) is 4.13. The molecule has 2 aromatic carbocycles. The molecule has 1 aliphatic heterocycles. The van der Waals surface area contributed by atoms with E-state index in [0.29, 0.717) is 12.1 Å². The molecule has 0 amide bonds. The first-order valence-corrected chi connectivity index (χ1v) is 12.7. The average Bonchev–Trinajstić information content (AvgIpc) is 3.30. The molecule has 0 radical (unpaired) electrons. The van der Waals surface area contributed by atoms with Gasteiger partial charge in [0.1, 0.15) is 11.6 Å². The molecular formula is C23H22F7N4O6P. The van der Waals surface area contributed by atoms with Crippen molar-refractivity contribution in [1.29, 1.82) is 0 Å². The SMILES string of the molecule is [2H]C1([2H])O[C@]([2H])(O[C@H](C)c2cc(C(F)(F)F)cc(C(F)(F)F)c2)[C@]([2H])(c2ccc(F)cc2)N(Cc2nn(P(=O)(O)O)c(=O)[nH]2)C1([2H])[2H]. The van der Waals surface area contributed by atoms with Crippen molar-refractivity contribution in [2.24, 2.45) is 0 Å². The molecule has 3 N–H and O–H groups in total. The Bertz CT molecular complexity index is 1740. The third-order valence-corrected chi connectivity index (χ3v) is 6.24. The number of H-pyrrole nitrogens is 1. The van der Waals surface area contributed by atoms with Crippen molar-refractivity contribution in [3.63, 3.8) is 0 Å². The van der Waals surface area contributed by atoms with E-state index in [1.54, 1.807) is 0 Å². The molecule has 1 aromatic heterocycles. The normalized spacial score (nSPS) is 28.0. The highest BCUT2D eigenvalue weighted by atomic mass is 31.2. The zero-order valence-corrected chi connectivity index (χ0v) is 21.2. The minimum atomic E-state index is -5.41. The van der Waals surface area contributed by atoms with E-state index in [1.165, 1.54) is 0 Å². The molecule has 0 saturated carbocycles.